The fourth-order valence-electron chi connectivity index (χ4n) is 3.22. The largest absolute Gasteiger partial charge is 0.325 e. The summed E-state index contributed by atoms with van der Waals surface area (Å²) >= 11 is 0.854. The zero-order valence-corrected chi connectivity index (χ0v) is 16.5. The molecule has 1 N–H and O–H groups in total. The predicted octanol–water partition coefficient (Wildman–Crippen LogP) is 4.82. The molecule has 0 unspecified atom stereocenters. The lowest BCUT2D eigenvalue weighted by molar-refractivity contribution is -0.127. The van der Waals surface area contributed by atoms with Crippen molar-refractivity contribution in [2.45, 2.75) is 6.92 Å². The molecule has 1 saturated heterocycles. The zero-order valence-electron chi connectivity index (χ0n) is 15.7. The van der Waals surface area contributed by atoms with E-state index in [-0.39, 0.29) is 6.54 Å². The molecule has 6 heteroatoms. The van der Waals surface area contributed by atoms with Crippen LogP contribution in [0.4, 0.5) is 10.5 Å². The summed E-state index contributed by atoms with van der Waals surface area (Å²) in [5.74, 6) is -0.864. The molecule has 0 spiro atoms. The highest BCUT2D eigenvalue weighted by atomic mass is 32.2. The van der Waals surface area contributed by atoms with E-state index in [4.69, 9.17) is 0 Å². The predicted molar refractivity (Wildman–Crippen MR) is 116 cm³/mol. The van der Waals surface area contributed by atoms with Crippen molar-refractivity contribution in [3.05, 3.63) is 82.8 Å². The lowest BCUT2D eigenvalue weighted by Gasteiger charge is -2.12. The van der Waals surface area contributed by atoms with Crippen LogP contribution < -0.4 is 5.32 Å². The molecule has 0 radical (unpaired) electrons. The monoisotopic (exact) mass is 402 g/mol. The van der Waals surface area contributed by atoms with Gasteiger partial charge in [-0.25, -0.2) is 0 Å². The third-order valence-corrected chi connectivity index (χ3v) is 5.49. The molecule has 0 atom stereocenters. The minimum absolute atomic E-state index is 0.314. The van der Waals surface area contributed by atoms with E-state index in [0.717, 1.165) is 38.6 Å². The molecule has 1 aliphatic rings. The van der Waals surface area contributed by atoms with Crippen molar-refractivity contribution in [3.63, 3.8) is 0 Å². The van der Waals surface area contributed by atoms with Gasteiger partial charge in [0.1, 0.15) is 6.54 Å². The van der Waals surface area contributed by atoms with Crippen LogP contribution >= 0.6 is 11.8 Å². The molecule has 1 fully saturated rings. The fourth-order valence-corrected chi connectivity index (χ4v) is 4.05. The Balaban J connectivity index is 1.52. The van der Waals surface area contributed by atoms with E-state index in [2.05, 4.69) is 5.32 Å². The van der Waals surface area contributed by atoms with Crippen LogP contribution in [0.1, 0.15) is 11.1 Å². The number of carbonyl (C=O) groups is 3. The first-order chi connectivity index (χ1) is 14.0. The van der Waals surface area contributed by atoms with Gasteiger partial charge in [0.25, 0.3) is 11.1 Å². The Morgan fingerprint density at radius 2 is 1.79 bits per heavy atom. The summed E-state index contributed by atoms with van der Waals surface area (Å²) in [6, 6.07) is 21.0. The highest BCUT2D eigenvalue weighted by molar-refractivity contribution is 8.18. The first-order valence-corrected chi connectivity index (χ1v) is 9.92. The molecule has 0 saturated carbocycles. The molecule has 3 aromatic rings. The Hall–Kier alpha value is -3.38. The zero-order chi connectivity index (χ0) is 20.4. The van der Waals surface area contributed by atoms with Crippen LogP contribution in [0.2, 0.25) is 0 Å². The molecular weight excluding hydrogens is 384 g/mol. The van der Waals surface area contributed by atoms with Gasteiger partial charge < -0.3 is 5.32 Å². The number of hydrogen-bond acceptors (Lipinski definition) is 4. The number of thioether (sulfide) groups is 1. The smallest absolute Gasteiger partial charge is 0.294 e. The van der Waals surface area contributed by atoms with Gasteiger partial charge in [0.2, 0.25) is 5.91 Å². The van der Waals surface area contributed by atoms with Gasteiger partial charge in [0, 0.05) is 5.69 Å². The van der Waals surface area contributed by atoms with Crippen molar-refractivity contribution >= 4 is 51.4 Å². The molecule has 0 bridgehead atoms. The maximum absolute atomic E-state index is 12.7. The lowest BCUT2D eigenvalue weighted by Crippen LogP contribution is -2.36. The van der Waals surface area contributed by atoms with E-state index in [0.29, 0.717) is 10.6 Å². The molecule has 3 amide bonds. The van der Waals surface area contributed by atoms with Crippen LogP contribution in [0.5, 0.6) is 0 Å². The van der Waals surface area contributed by atoms with Crippen LogP contribution in [-0.2, 0) is 9.59 Å². The number of nitrogens with zero attached hydrogens (tertiary/aromatic N) is 1. The lowest BCUT2D eigenvalue weighted by atomic mass is 10.0. The summed E-state index contributed by atoms with van der Waals surface area (Å²) in [4.78, 5) is 38.7. The van der Waals surface area contributed by atoms with Crippen molar-refractivity contribution in [3.8, 4) is 0 Å². The number of aryl methyl sites for hydroxylation is 1. The van der Waals surface area contributed by atoms with Crippen molar-refractivity contribution in [2.24, 2.45) is 0 Å². The number of fused-ring (bicyclic) bond motifs is 1. The molecule has 1 heterocycles. The van der Waals surface area contributed by atoms with Crippen LogP contribution in [0.3, 0.4) is 0 Å². The highest BCUT2D eigenvalue weighted by Crippen LogP contribution is 2.33. The fraction of sp³-hybridized carbons (Fsp3) is 0.0870. The quantitative estimate of drug-likeness (QED) is 0.635. The molecule has 5 nitrogen and oxygen atoms in total. The molecule has 0 aromatic heterocycles. The average Bonchev–Trinajstić information content (AvgIpc) is 2.96. The summed E-state index contributed by atoms with van der Waals surface area (Å²) in [6.07, 6.45) is 1.71. The maximum Gasteiger partial charge on any atom is 0.294 e. The van der Waals surface area contributed by atoms with E-state index in [1.54, 1.807) is 12.1 Å². The topological polar surface area (TPSA) is 66.5 Å². The molecule has 29 heavy (non-hydrogen) atoms. The standard InChI is InChI=1S/C23H18N2O3S/c1-15-6-4-10-18(12-15)24-21(26)14-25-22(27)20(29-23(25)28)13-17-9-5-8-16-7-2-3-11-19(16)17/h2-13H,14H2,1H3,(H,24,26)/b20-13+. The Bertz CT molecular complexity index is 1160. The number of anilines is 1. The minimum atomic E-state index is -0.452. The number of nitrogens with one attached hydrogen (secondary N) is 1. The van der Waals surface area contributed by atoms with E-state index in [1.165, 1.54) is 0 Å². The molecule has 3 aromatic carbocycles. The van der Waals surface area contributed by atoms with E-state index in [1.807, 2.05) is 67.6 Å². The molecule has 144 valence electrons. The van der Waals surface area contributed by atoms with Crippen molar-refractivity contribution in [1.82, 2.24) is 4.90 Å². The minimum Gasteiger partial charge on any atom is -0.325 e. The van der Waals surface area contributed by atoms with Crippen LogP contribution in [0.15, 0.2) is 71.6 Å². The van der Waals surface area contributed by atoms with Crippen LogP contribution in [-0.4, -0.2) is 28.5 Å². The summed E-state index contributed by atoms with van der Waals surface area (Å²) < 4.78 is 0. The van der Waals surface area contributed by atoms with Gasteiger partial charge in [0.05, 0.1) is 4.91 Å². The molecular formula is C23H18N2O3S. The summed E-state index contributed by atoms with van der Waals surface area (Å²) in [6.45, 7) is 1.61. The summed E-state index contributed by atoms with van der Waals surface area (Å²) in [5, 5.41) is 4.33. The molecule has 0 aliphatic carbocycles. The number of carbonyl (C=O) groups excluding carboxylic acids is 3. The van der Waals surface area contributed by atoms with Gasteiger partial charge in [-0.15, -0.1) is 0 Å². The maximum atomic E-state index is 12.7. The van der Waals surface area contributed by atoms with Gasteiger partial charge in [-0.05, 0) is 58.8 Å². The SMILES string of the molecule is Cc1cccc(NC(=O)CN2C(=O)S/C(=C/c3cccc4ccccc34)C2=O)c1. The van der Waals surface area contributed by atoms with Gasteiger partial charge in [-0.1, -0.05) is 54.6 Å². The second-order valence-electron chi connectivity index (χ2n) is 6.75. The number of benzene rings is 3. The first-order valence-electron chi connectivity index (χ1n) is 9.11. The second kappa shape index (κ2) is 7.93. The number of imide groups is 1. The molecule has 4 rings (SSSR count). The van der Waals surface area contributed by atoms with Crippen LogP contribution in [0, 0.1) is 6.92 Å². The number of rotatable bonds is 4. The van der Waals surface area contributed by atoms with E-state index >= 15 is 0 Å². The second-order valence-corrected chi connectivity index (χ2v) is 7.75. The first kappa shape index (κ1) is 19.0. The normalized spacial score (nSPS) is 15.3. The Morgan fingerprint density at radius 1 is 1.03 bits per heavy atom. The third kappa shape index (κ3) is 4.07. The van der Waals surface area contributed by atoms with E-state index < -0.39 is 17.1 Å². The Labute approximate surface area is 172 Å². The van der Waals surface area contributed by atoms with Crippen molar-refractivity contribution < 1.29 is 14.4 Å². The molecule has 1 aliphatic heterocycles. The summed E-state index contributed by atoms with van der Waals surface area (Å²) in [7, 11) is 0. The highest BCUT2D eigenvalue weighted by Gasteiger charge is 2.36. The van der Waals surface area contributed by atoms with Gasteiger partial charge >= 0.3 is 0 Å². The number of amides is 3. The van der Waals surface area contributed by atoms with Gasteiger partial charge in [-0.3, -0.25) is 19.3 Å². The number of hydrogen-bond donors (Lipinski definition) is 1. The van der Waals surface area contributed by atoms with Gasteiger partial charge in [-0.2, -0.15) is 0 Å². The summed E-state index contributed by atoms with van der Waals surface area (Å²) in [5.41, 5.74) is 2.50. The Morgan fingerprint density at radius 3 is 2.62 bits per heavy atom. The van der Waals surface area contributed by atoms with E-state index in [9.17, 15) is 14.4 Å². The third-order valence-electron chi connectivity index (χ3n) is 4.59. The Kier molecular flexibility index (Phi) is 5.18. The average molecular weight is 402 g/mol. The van der Waals surface area contributed by atoms with Crippen molar-refractivity contribution in [1.29, 1.82) is 0 Å². The van der Waals surface area contributed by atoms with Crippen molar-refractivity contribution in [2.75, 3.05) is 11.9 Å². The van der Waals surface area contributed by atoms with Gasteiger partial charge in [0.15, 0.2) is 0 Å². The van der Waals surface area contributed by atoms with Crippen LogP contribution in [0.25, 0.3) is 16.8 Å².